The second-order valence-electron chi connectivity index (χ2n) is 7.40. The van der Waals surface area contributed by atoms with Crippen molar-refractivity contribution in [3.63, 3.8) is 0 Å². The van der Waals surface area contributed by atoms with Crippen molar-refractivity contribution >= 4 is 11.8 Å². The molecule has 1 unspecified atom stereocenters. The fourth-order valence-corrected chi connectivity index (χ4v) is 2.35. The highest BCUT2D eigenvalue weighted by molar-refractivity contribution is 5.88. The van der Waals surface area contributed by atoms with Crippen LogP contribution in [0.4, 0.5) is 10.6 Å². The number of rotatable bonds is 7. The number of aliphatic hydroxyl groups excluding tert-OH is 1. The lowest BCUT2D eigenvalue weighted by Crippen LogP contribution is -2.34. The first-order valence-electron chi connectivity index (χ1n) is 8.22. The highest BCUT2D eigenvalue weighted by atomic mass is 16.3. The SMILES string of the molecule is CC(C)CC(CCO)CNC(=O)Nc1ccc(C(C)(C)C)nn1. The Morgan fingerprint density at radius 2 is 1.96 bits per heavy atom. The van der Waals surface area contributed by atoms with E-state index < -0.39 is 0 Å². The van der Waals surface area contributed by atoms with Gasteiger partial charge in [0.25, 0.3) is 0 Å². The Morgan fingerprint density at radius 3 is 2.43 bits per heavy atom. The Hall–Kier alpha value is -1.69. The van der Waals surface area contributed by atoms with Gasteiger partial charge in [-0.1, -0.05) is 34.6 Å². The van der Waals surface area contributed by atoms with E-state index in [1.54, 1.807) is 6.07 Å². The first-order valence-corrected chi connectivity index (χ1v) is 8.22. The van der Waals surface area contributed by atoms with E-state index in [1.807, 2.05) is 6.07 Å². The number of urea groups is 1. The van der Waals surface area contributed by atoms with Gasteiger partial charge in [-0.05, 0) is 36.8 Å². The molecule has 0 aliphatic carbocycles. The quantitative estimate of drug-likeness (QED) is 0.720. The summed E-state index contributed by atoms with van der Waals surface area (Å²) in [5, 5.41) is 22.8. The molecule has 0 saturated carbocycles. The molecular formula is C17H30N4O2. The molecule has 1 aromatic heterocycles. The third-order valence-electron chi connectivity index (χ3n) is 3.57. The molecule has 0 aliphatic heterocycles. The van der Waals surface area contributed by atoms with Gasteiger partial charge in [0, 0.05) is 18.6 Å². The Bertz CT molecular complexity index is 480. The summed E-state index contributed by atoms with van der Waals surface area (Å²) in [5.74, 6) is 1.24. The van der Waals surface area contributed by atoms with Crippen LogP contribution in [0.3, 0.4) is 0 Å². The third-order valence-corrected chi connectivity index (χ3v) is 3.57. The van der Waals surface area contributed by atoms with Crippen molar-refractivity contribution in [1.29, 1.82) is 0 Å². The smallest absolute Gasteiger partial charge is 0.320 e. The first kappa shape index (κ1) is 19.4. The summed E-state index contributed by atoms with van der Waals surface area (Å²) in [4.78, 5) is 11.9. The number of nitrogens with zero attached hydrogens (tertiary/aromatic N) is 2. The molecule has 23 heavy (non-hydrogen) atoms. The monoisotopic (exact) mass is 322 g/mol. The summed E-state index contributed by atoms with van der Waals surface area (Å²) in [6.07, 6.45) is 1.67. The number of aliphatic hydroxyl groups is 1. The highest BCUT2D eigenvalue weighted by Gasteiger charge is 2.16. The van der Waals surface area contributed by atoms with Gasteiger partial charge in [0.05, 0.1) is 5.69 Å². The zero-order valence-corrected chi connectivity index (χ0v) is 14.9. The van der Waals surface area contributed by atoms with Crippen LogP contribution in [-0.2, 0) is 5.41 Å². The molecular weight excluding hydrogens is 292 g/mol. The van der Waals surface area contributed by atoms with Gasteiger partial charge in [0.2, 0.25) is 0 Å². The molecule has 0 radical (unpaired) electrons. The lowest BCUT2D eigenvalue weighted by Gasteiger charge is -2.19. The van der Waals surface area contributed by atoms with E-state index in [4.69, 9.17) is 5.11 Å². The summed E-state index contributed by atoms with van der Waals surface area (Å²) < 4.78 is 0. The average Bonchev–Trinajstić information content (AvgIpc) is 2.44. The average molecular weight is 322 g/mol. The molecule has 1 heterocycles. The summed E-state index contributed by atoms with van der Waals surface area (Å²) >= 11 is 0. The van der Waals surface area contributed by atoms with Gasteiger partial charge in [-0.25, -0.2) is 4.79 Å². The maximum Gasteiger partial charge on any atom is 0.320 e. The molecule has 1 aromatic rings. The summed E-state index contributed by atoms with van der Waals surface area (Å²) in [6.45, 7) is 11.1. The van der Waals surface area contributed by atoms with E-state index in [9.17, 15) is 4.79 Å². The molecule has 0 fully saturated rings. The van der Waals surface area contributed by atoms with Crippen molar-refractivity contribution in [2.24, 2.45) is 11.8 Å². The van der Waals surface area contributed by atoms with E-state index in [0.29, 0.717) is 24.7 Å². The molecule has 0 saturated heterocycles. The Balaban J connectivity index is 2.49. The van der Waals surface area contributed by atoms with E-state index in [-0.39, 0.29) is 24.0 Å². The van der Waals surface area contributed by atoms with Crippen molar-refractivity contribution < 1.29 is 9.90 Å². The van der Waals surface area contributed by atoms with Crippen LogP contribution in [0.15, 0.2) is 12.1 Å². The van der Waals surface area contributed by atoms with E-state index in [0.717, 1.165) is 12.1 Å². The number of nitrogens with one attached hydrogen (secondary N) is 2. The molecule has 130 valence electrons. The number of hydrogen-bond acceptors (Lipinski definition) is 4. The Labute approximate surface area is 139 Å². The van der Waals surface area contributed by atoms with Gasteiger partial charge in [0.1, 0.15) is 0 Å². The molecule has 0 aromatic carbocycles. The van der Waals surface area contributed by atoms with Gasteiger partial charge < -0.3 is 10.4 Å². The number of hydrogen-bond donors (Lipinski definition) is 3. The van der Waals surface area contributed by atoms with Crippen LogP contribution in [0.25, 0.3) is 0 Å². The van der Waals surface area contributed by atoms with Crippen LogP contribution in [0.1, 0.15) is 53.2 Å². The van der Waals surface area contributed by atoms with Gasteiger partial charge in [-0.15, -0.1) is 5.10 Å². The van der Waals surface area contributed by atoms with Gasteiger partial charge in [-0.3, -0.25) is 5.32 Å². The lowest BCUT2D eigenvalue weighted by atomic mass is 9.92. The van der Waals surface area contributed by atoms with Crippen molar-refractivity contribution in [2.45, 2.75) is 52.9 Å². The van der Waals surface area contributed by atoms with Gasteiger partial charge in [-0.2, -0.15) is 5.10 Å². The largest absolute Gasteiger partial charge is 0.396 e. The van der Waals surface area contributed by atoms with Crippen molar-refractivity contribution in [1.82, 2.24) is 15.5 Å². The third kappa shape index (κ3) is 7.41. The van der Waals surface area contributed by atoms with Crippen LogP contribution in [0.5, 0.6) is 0 Å². The minimum atomic E-state index is -0.297. The number of aromatic nitrogens is 2. The number of carbonyl (C=O) groups is 1. The lowest BCUT2D eigenvalue weighted by molar-refractivity contribution is 0.231. The predicted molar refractivity (Wildman–Crippen MR) is 92.4 cm³/mol. The molecule has 6 heteroatoms. The Kier molecular flexibility index (Phi) is 7.42. The van der Waals surface area contributed by atoms with Crippen molar-refractivity contribution in [3.05, 3.63) is 17.8 Å². The number of carbonyl (C=O) groups excluding carboxylic acids is 1. The van der Waals surface area contributed by atoms with Crippen LogP contribution in [0, 0.1) is 11.8 Å². The topological polar surface area (TPSA) is 87.1 Å². The number of amides is 2. The molecule has 6 nitrogen and oxygen atoms in total. The zero-order valence-electron chi connectivity index (χ0n) is 14.9. The molecule has 2 amide bonds. The summed E-state index contributed by atoms with van der Waals surface area (Å²) in [5.41, 5.74) is 0.811. The fraction of sp³-hybridized carbons (Fsp3) is 0.706. The van der Waals surface area contributed by atoms with Crippen LogP contribution in [-0.4, -0.2) is 34.5 Å². The second-order valence-corrected chi connectivity index (χ2v) is 7.40. The molecule has 0 aliphatic rings. The molecule has 0 spiro atoms. The van der Waals surface area contributed by atoms with Crippen molar-refractivity contribution in [2.75, 3.05) is 18.5 Å². The maximum absolute atomic E-state index is 11.9. The minimum absolute atomic E-state index is 0.0673. The van der Waals surface area contributed by atoms with Crippen LogP contribution >= 0.6 is 0 Å². The fourth-order valence-electron chi connectivity index (χ4n) is 2.35. The van der Waals surface area contributed by atoms with E-state index in [2.05, 4.69) is 55.4 Å². The summed E-state index contributed by atoms with van der Waals surface area (Å²) in [6, 6.07) is 3.33. The first-order chi connectivity index (χ1) is 10.7. The van der Waals surface area contributed by atoms with Gasteiger partial charge in [0.15, 0.2) is 5.82 Å². The molecule has 1 rings (SSSR count). The molecule has 1 atom stereocenters. The Morgan fingerprint density at radius 1 is 1.26 bits per heavy atom. The maximum atomic E-state index is 11.9. The van der Waals surface area contributed by atoms with E-state index in [1.165, 1.54) is 0 Å². The predicted octanol–water partition coefficient (Wildman–Crippen LogP) is 2.94. The van der Waals surface area contributed by atoms with Crippen LogP contribution < -0.4 is 10.6 Å². The highest BCUT2D eigenvalue weighted by Crippen LogP contribution is 2.19. The summed E-state index contributed by atoms with van der Waals surface area (Å²) in [7, 11) is 0. The molecule has 0 bridgehead atoms. The zero-order chi connectivity index (χ0) is 17.5. The van der Waals surface area contributed by atoms with E-state index >= 15 is 0 Å². The normalized spacial score (nSPS) is 13.0. The van der Waals surface area contributed by atoms with Crippen molar-refractivity contribution in [3.8, 4) is 0 Å². The number of anilines is 1. The van der Waals surface area contributed by atoms with Crippen LogP contribution in [0.2, 0.25) is 0 Å². The standard InChI is InChI=1S/C17H30N4O2/c1-12(2)10-13(8-9-22)11-18-16(23)19-15-7-6-14(20-21-15)17(3,4)5/h6-7,12-13,22H,8-11H2,1-5H3,(H2,18,19,21,23). The molecule has 3 N–H and O–H groups in total. The van der Waals surface area contributed by atoms with Gasteiger partial charge >= 0.3 is 6.03 Å². The second kappa shape index (κ2) is 8.82. The minimum Gasteiger partial charge on any atom is -0.396 e.